The zero-order valence-electron chi connectivity index (χ0n) is 7.33. The molecule has 0 spiro atoms. The molecule has 0 aromatic carbocycles. The highest BCUT2D eigenvalue weighted by atomic mass is 31.1. The van der Waals surface area contributed by atoms with Gasteiger partial charge in [-0.05, 0) is 17.4 Å². The Morgan fingerprint density at radius 1 is 1.25 bits per heavy atom. The van der Waals surface area contributed by atoms with E-state index in [1.807, 2.05) is 0 Å². The van der Waals surface area contributed by atoms with Crippen LogP contribution in [0, 0.1) is 0 Å². The Morgan fingerprint density at radius 3 is 2.17 bits per heavy atom. The van der Waals surface area contributed by atoms with Crippen molar-refractivity contribution >= 4 is 8.03 Å². The van der Waals surface area contributed by atoms with Gasteiger partial charge in [0.05, 0.1) is 5.54 Å². The SMILES string of the molecule is NC1(C[P+](=O)O)CCCCCC1. The van der Waals surface area contributed by atoms with Crippen LogP contribution in [0.2, 0.25) is 0 Å². The lowest BCUT2D eigenvalue weighted by molar-refractivity contribution is 0.396. The van der Waals surface area contributed by atoms with Gasteiger partial charge in [0.25, 0.3) is 0 Å². The summed E-state index contributed by atoms with van der Waals surface area (Å²) in [5, 5.41) is 0. The van der Waals surface area contributed by atoms with Crippen LogP contribution in [0.4, 0.5) is 0 Å². The summed E-state index contributed by atoms with van der Waals surface area (Å²) in [6.45, 7) is 0. The molecular formula is C8H17NO2P+. The molecule has 0 aliphatic heterocycles. The van der Waals surface area contributed by atoms with E-state index >= 15 is 0 Å². The smallest absolute Gasteiger partial charge is 0.321 e. The Bertz CT molecular complexity index is 164. The summed E-state index contributed by atoms with van der Waals surface area (Å²) in [4.78, 5) is 8.79. The zero-order chi connectivity index (χ0) is 9.03. The van der Waals surface area contributed by atoms with E-state index in [2.05, 4.69) is 0 Å². The average molecular weight is 190 g/mol. The average Bonchev–Trinajstić information content (AvgIpc) is 2.12. The third-order valence-electron chi connectivity index (χ3n) is 2.55. The standard InChI is InChI=1S/C8H16NO2P/c9-8(7-12(10)11)5-3-1-2-4-6-8/h1-7,9H2/p+1. The van der Waals surface area contributed by atoms with E-state index in [9.17, 15) is 4.57 Å². The van der Waals surface area contributed by atoms with Crippen LogP contribution < -0.4 is 5.73 Å². The second-order valence-electron chi connectivity index (χ2n) is 3.79. The fourth-order valence-corrected chi connectivity index (χ4v) is 2.72. The molecule has 1 unspecified atom stereocenters. The molecule has 1 atom stereocenters. The molecule has 70 valence electrons. The highest BCUT2D eigenvalue weighted by Crippen LogP contribution is 2.31. The fourth-order valence-electron chi connectivity index (χ4n) is 1.86. The molecule has 4 heteroatoms. The summed E-state index contributed by atoms with van der Waals surface area (Å²) in [7, 11) is -2.06. The van der Waals surface area contributed by atoms with Crippen LogP contribution >= 0.6 is 8.03 Å². The minimum atomic E-state index is -2.06. The van der Waals surface area contributed by atoms with Gasteiger partial charge in [0.2, 0.25) is 0 Å². The number of hydrogen-bond acceptors (Lipinski definition) is 2. The van der Waals surface area contributed by atoms with Crippen LogP contribution in [-0.2, 0) is 4.57 Å². The Balaban J connectivity index is 2.48. The molecule has 0 amide bonds. The minimum Gasteiger partial charge on any atom is -0.321 e. The number of rotatable bonds is 2. The Morgan fingerprint density at radius 2 is 1.75 bits per heavy atom. The van der Waals surface area contributed by atoms with Crippen LogP contribution in [0.5, 0.6) is 0 Å². The van der Waals surface area contributed by atoms with Crippen molar-refractivity contribution in [3.63, 3.8) is 0 Å². The normalized spacial score (nSPS) is 24.7. The lowest BCUT2D eigenvalue weighted by atomic mass is 9.94. The van der Waals surface area contributed by atoms with Gasteiger partial charge in [-0.15, -0.1) is 0 Å². The molecule has 1 aliphatic carbocycles. The molecule has 0 saturated heterocycles. The first-order valence-corrected chi connectivity index (χ1v) is 5.95. The molecule has 0 radical (unpaired) electrons. The molecule has 12 heavy (non-hydrogen) atoms. The van der Waals surface area contributed by atoms with E-state index in [4.69, 9.17) is 10.6 Å². The maximum absolute atomic E-state index is 10.7. The third kappa shape index (κ3) is 3.18. The number of hydrogen-bond donors (Lipinski definition) is 2. The first kappa shape index (κ1) is 10.1. The molecule has 3 N–H and O–H groups in total. The molecule has 1 fully saturated rings. The molecule has 1 saturated carbocycles. The van der Waals surface area contributed by atoms with E-state index in [0.29, 0.717) is 0 Å². The molecule has 3 nitrogen and oxygen atoms in total. The van der Waals surface area contributed by atoms with E-state index in [1.54, 1.807) is 0 Å². The highest BCUT2D eigenvalue weighted by Gasteiger charge is 2.34. The first-order chi connectivity index (χ1) is 5.62. The topological polar surface area (TPSA) is 63.3 Å². The molecule has 1 rings (SSSR count). The predicted octanol–water partition coefficient (Wildman–Crippen LogP) is 1.77. The van der Waals surface area contributed by atoms with Gasteiger partial charge in [0, 0.05) is 0 Å². The van der Waals surface area contributed by atoms with Crippen LogP contribution in [-0.4, -0.2) is 16.6 Å². The van der Waals surface area contributed by atoms with Gasteiger partial charge in [-0.2, -0.15) is 4.89 Å². The molecule has 0 aromatic rings. The van der Waals surface area contributed by atoms with Crippen molar-refractivity contribution in [2.45, 2.75) is 44.1 Å². The molecule has 1 aliphatic rings. The highest BCUT2D eigenvalue weighted by molar-refractivity contribution is 7.38. The summed E-state index contributed by atoms with van der Waals surface area (Å²) in [5.74, 6) is 0. The lowest BCUT2D eigenvalue weighted by Crippen LogP contribution is -2.41. The van der Waals surface area contributed by atoms with Crippen LogP contribution in [0.3, 0.4) is 0 Å². The van der Waals surface area contributed by atoms with E-state index in [1.165, 1.54) is 12.8 Å². The second-order valence-corrected chi connectivity index (χ2v) is 4.81. The lowest BCUT2D eigenvalue weighted by Gasteiger charge is -2.21. The van der Waals surface area contributed by atoms with Gasteiger partial charge in [0.1, 0.15) is 0 Å². The summed E-state index contributed by atoms with van der Waals surface area (Å²) in [6, 6.07) is 0. The first-order valence-electron chi connectivity index (χ1n) is 4.55. The van der Waals surface area contributed by atoms with Crippen molar-refractivity contribution in [2.75, 3.05) is 6.16 Å². The van der Waals surface area contributed by atoms with Crippen LogP contribution in [0.15, 0.2) is 0 Å². The molecule has 0 heterocycles. The van der Waals surface area contributed by atoms with E-state index < -0.39 is 8.03 Å². The van der Waals surface area contributed by atoms with Gasteiger partial charge in [-0.1, -0.05) is 25.7 Å². The van der Waals surface area contributed by atoms with Crippen molar-refractivity contribution in [3.05, 3.63) is 0 Å². The van der Waals surface area contributed by atoms with Crippen LogP contribution in [0.25, 0.3) is 0 Å². The van der Waals surface area contributed by atoms with E-state index in [-0.39, 0.29) is 11.7 Å². The second kappa shape index (κ2) is 4.31. The van der Waals surface area contributed by atoms with E-state index in [0.717, 1.165) is 25.7 Å². The van der Waals surface area contributed by atoms with Crippen molar-refractivity contribution in [1.29, 1.82) is 0 Å². The van der Waals surface area contributed by atoms with Gasteiger partial charge in [0.15, 0.2) is 6.16 Å². The Kier molecular flexibility index (Phi) is 3.63. The van der Waals surface area contributed by atoms with Gasteiger partial charge in [-0.3, -0.25) is 0 Å². The third-order valence-corrected chi connectivity index (χ3v) is 3.45. The summed E-state index contributed by atoms with van der Waals surface area (Å²) < 4.78 is 10.7. The van der Waals surface area contributed by atoms with Gasteiger partial charge in [-0.25, -0.2) is 0 Å². The quantitative estimate of drug-likeness (QED) is 0.515. The van der Waals surface area contributed by atoms with Crippen molar-refractivity contribution in [1.82, 2.24) is 0 Å². The molecule has 0 bridgehead atoms. The summed E-state index contributed by atoms with van der Waals surface area (Å²) in [5.41, 5.74) is 5.67. The zero-order valence-corrected chi connectivity index (χ0v) is 8.22. The molecule has 0 aromatic heterocycles. The van der Waals surface area contributed by atoms with Crippen molar-refractivity contribution in [2.24, 2.45) is 5.73 Å². The fraction of sp³-hybridized carbons (Fsp3) is 1.00. The Hall–Kier alpha value is 0.0200. The maximum atomic E-state index is 10.7. The summed E-state index contributed by atoms with van der Waals surface area (Å²) >= 11 is 0. The van der Waals surface area contributed by atoms with Gasteiger partial charge >= 0.3 is 8.03 Å². The van der Waals surface area contributed by atoms with Gasteiger partial charge < -0.3 is 5.73 Å². The minimum absolute atomic E-state index is 0.280. The maximum Gasteiger partial charge on any atom is 0.507 e. The largest absolute Gasteiger partial charge is 0.507 e. The van der Waals surface area contributed by atoms with Crippen LogP contribution in [0.1, 0.15) is 38.5 Å². The van der Waals surface area contributed by atoms with Crippen molar-refractivity contribution < 1.29 is 9.46 Å². The number of nitrogens with two attached hydrogens (primary N) is 1. The van der Waals surface area contributed by atoms with Crippen molar-refractivity contribution in [3.8, 4) is 0 Å². The summed E-state index contributed by atoms with van der Waals surface area (Å²) in [6.07, 6.45) is 6.77. The molecular weight excluding hydrogens is 173 g/mol. The predicted molar refractivity (Wildman–Crippen MR) is 49.3 cm³/mol. The Labute approximate surface area is 74.2 Å². The monoisotopic (exact) mass is 190 g/mol.